The highest BCUT2D eigenvalue weighted by Crippen LogP contribution is 2.38. The lowest BCUT2D eigenvalue weighted by Crippen LogP contribution is -1.93. The summed E-state index contributed by atoms with van der Waals surface area (Å²) < 4.78 is 1.85. The van der Waals surface area contributed by atoms with Crippen molar-refractivity contribution in [3.05, 3.63) is 83.9 Å². The first-order chi connectivity index (χ1) is 15.2. The first-order valence-corrected chi connectivity index (χ1v) is 11.0. The van der Waals surface area contributed by atoms with Gasteiger partial charge < -0.3 is 4.98 Å². The third kappa shape index (κ3) is 2.95. The summed E-state index contributed by atoms with van der Waals surface area (Å²) >= 11 is 1.55. The molecule has 0 fully saturated rings. The van der Waals surface area contributed by atoms with Gasteiger partial charge in [0.2, 0.25) is 10.8 Å². The average Bonchev–Trinajstić information content (AvgIpc) is 3.47. The fourth-order valence-corrected chi connectivity index (χ4v) is 4.81. The van der Waals surface area contributed by atoms with Gasteiger partial charge in [0.1, 0.15) is 5.01 Å². The summed E-state index contributed by atoms with van der Waals surface area (Å²) in [5, 5.41) is 15.9. The summed E-state index contributed by atoms with van der Waals surface area (Å²) in [6.45, 7) is 4.20. The number of hydrogen-bond donors (Lipinski definition) is 1. The first kappa shape index (κ1) is 18.0. The molecule has 6 rings (SSSR count). The van der Waals surface area contributed by atoms with Gasteiger partial charge in [-0.2, -0.15) is 9.61 Å². The molecule has 31 heavy (non-hydrogen) atoms. The highest BCUT2D eigenvalue weighted by atomic mass is 32.1. The van der Waals surface area contributed by atoms with Crippen LogP contribution >= 0.6 is 11.3 Å². The maximum Gasteiger partial charge on any atom is 0.235 e. The minimum absolute atomic E-state index is 0.720. The zero-order chi connectivity index (χ0) is 20.9. The van der Waals surface area contributed by atoms with Crippen LogP contribution in [0.4, 0.5) is 0 Å². The van der Waals surface area contributed by atoms with Crippen molar-refractivity contribution in [3.63, 3.8) is 0 Å². The van der Waals surface area contributed by atoms with Crippen molar-refractivity contribution in [2.45, 2.75) is 13.8 Å². The molecule has 150 valence electrons. The third-order valence-electron chi connectivity index (χ3n) is 5.53. The Bertz CT molecular complexity index is 1540. The predicted octanol–water partition coefficient (Wildman–Crippen LogP) is 6.28. The highest BCUT2D eigenvalue weighted by molar-refractivity contribution is 7.19. The molecule has 0 aliphatic carbocycles. The Morgan fingerprint density at radius 2 is 1.58 bits per heavy atom. The maximum absolute atomic E-state index is 4.86. The van der Waals surface area contributed by atoms with E-state index in [1.165, 1.54) is 16.5 Å². The van der Waals surface area contributed by atoms with Crippen LogP contribution in [-0.4, -0.2) is 24.8 Å². The minimum atomic E-state index is 0.720. The Labute approximate surface area is 183 Å². The smallest absolute Gasteiger partial charge is 0.235 e. The van der Waals surface area contributed by atoms with Gasteiger partial charge in [0, 0.05) is 22.0 Å². The fourth-order valence-electron chi connectivity index (χ4n) is 3.96. The monoisotopic (exact) mass is 421 g/mol. The van der Waals surface area contributed by atoms with Gasteiger partial charge in [-0.05, 0) is 31.5 Å². The molecule has 3 aromatic carbocycles. The number of H-pyrrole nitrogens is 1. The van der Waals surface area contributed by atoms with Crippen molar-refractivity contribution in [3.8, 4) is 33.2 Å². The lowest BCUT2D eigenvalue weighted by atomic mass is 10.0. The minimum Gasteiger partial charge on any atom is -0.351 e. The molecule has 0 saturated heterocycles. The van der Waals surface area contributed by atoms with Crippen molar-refractivity contribution in [2.75, 3.05) is 0 Å². The number of nitrogens with one attached hydrogen (secondary N) is 1. The van der Waals surface area contributed by atoms with Crippen molar-refractivity contribution >= 4 is 27.2 Å². The molecule has 0 spiro atoms. The number of nitrogens with zero attached hydrogens (tertiary/aromatic N) is 4. The second kappa shape index (κ2) is 6.89. The Balaban J connectivity index is 1.59. The van der Waals surface area contributed by atoms with E-state index in [2.05, 4.69) is 95.8 Å². The zero-order valence-corrected chi connectivity index (χ0v) is 17.9. The van der Waals surface area contributed by atoms with Crippen molar-refractivity contribution in [1.82, 2.24) is 24.8 Å². The molecule has 0 aliphatic rings. The van der Waals surface area contributed by atoms with E-state index in [0.717, 1.165) is 43.7 Å². The van der Waals surface area contributed by atoms with Gasteiger partial charge in [-0.1, -0.05) is 83.1 Å². The zero-order valence-electron chi connectivity index (χ0n) is 17.1. The summed E-state index contributed by atoms with van der Waals surface area (Å²) in [4.78, 5) is 4.36. The quantitative estimate of drug-likeness (QED) is 0.366. The molecule has 0 atom stereocenters. The number of benzene rings is 3. The number of aryl methyl sites for hydroxylation is 2. The van der Waals surface area contributed by atoms with Crippen LogP contribution in [0, 0.1) is 13.8 Å². The normalized spacial score (nSPS) is 11.5. The molecule has 6 heteroatoms. The standard InChI is InChI=1S/C25H19N5S/c1-15-8-11-18(12-9-15)24-29-30-23(27-28-25(30)31-24)22-21(17-6-4-3-5-7-17)19-14-16(2)10-13-20(19)26-22/h3-14,26H,1-2H3. The SMILES string of the molecule is Cc1ccc(-c2nn3c(-c4[nH]c5ccc(C)cc5c4-c4ccccc4)nnc3s2)cc1. The van der Waals surface area contributed by atoms with Gasteiger partial charge in [-0.25, -0.2) is 0 Å². The van der Waals surface area contributed by atoms with E-state index in [-0.39, 0.29) is 0 Å². The van der Waals surface area contributed by atoms with Gasteiger partial charge in [0.25, 0.3) is 0 Å². The predicted molar refractivity (Wildman–Crippen MR) is 126 cm³/mol. The Hall–Kier alpha value is -3.77. The van der Waals surface area contributed by atoms with Gasteiger partial charge in [-0.3, -0.25) is 0 Å². The molecule has 0 bridgehead atoms. The summed E-state index contributed by atoms with van der Waals surface area (Å²) in [7, 11) is 0. The highest BCUT2D eigenvalue weighted by Gasteiger charge is 2.21. The third-order valence-corrected chi connectivity index (χ3v) is 6.48. The van der Waals surface area contributed by atoms with Crippen LogP contribution in [0.25, 0.3) is 49.1 Å². The molecule has 5 nitrogen and oxygen atoms in total. The molecule has 0 radical (unpaired) electrons. The molecule has 0 saturated carbocycles. The van der Waals surface area contributed by atoms with Crippen LogP contribution in [-0.2, 0) is 0 Å². The first-order valence-electron chi connectivity index (χ1n) is 10.1. The molecule has 1 N–H and O–H groups in total. The van der Waals surface area contributed by atoms with E-state index in [1.807, 2.05) is 10.6 Å². The van der Waals surface area contributed by atoms with Crippen LogP contribution in [0.3, 0.4) is 0 Å². The summed E-state index contributed by atoms with van der Waals surface area (Å²) in [6.07, 6.45) is 0. The van der Waals surface area contributed by atoms with Crippen molar-refractivity contribution < 1.29 is 0 Å². The van der Waals surface area contributed by atoms with Crippen LogP contribution < -0.4 is 0 Å². The summed E-state index contributed by atoms with van der Waals surface area (Å²) in [5.74, 6) is 0.720. The Kier molecular flexibility index (Phi) is 4.01. The number of aromatic nitrogens is 5. The van der Waals surface area contributed by atoms with Crippen molar-refractivity contribution in [2.24, 2.45) is 0 Å². The molecule has 6 aromatic rings. The lowest BCUT2D eigenvalue weighted by Gasteiger charge is -2.04. The van der Waals surface area contributed by atoms with Gasteiger partial charge in [-0.15, -0.1) is 10.2 Å². The van der Waals surface area contributed by atoms with E-state index < -0.39 is 0 Å². The van der Waals surface area contributed by atoms with E-state index in [4.69, 9.17) is 5.10 Å². The summed E-state index contributed by atoms with van der Waals surface area (Å²) in [5.41, 5.74) is 7.80. The molecular formula is C25H19N5S. The number of hydrogen-bond acceptors (Lipinski definition) is 4. The number of aromatic amines is 1. The molecule has 3 heterocycles. The number of fused-ring (bicyclic) bond motifs is 2. The largest absolute Gasteiger partial charge is 0.351 e. The van der Waals surface area contributed by atoms with Crippen LogP contribution in [0.15, 0.2) is 72.8 Å². The average molecular weight is 422 g/mol. The summed E-state index contributed by atoms with van der Waals surface area (Å²) in [6, 6.07) is 25.3. The van der Waals surface area contributed by atoms with E-state index in [9.17, 15) is 0 Å². The molecular weight excluding hydrogens is 402 g/mol. The molecule has 3 aromatic heterocycles. The molecule has 0 aliphatic heterocycles. The Morgan fingerprint density at radius 1 is 0.806 bits per heavy atom. The lowest BCUT2D eigenvalue weighted by molar-refractivity contribution is 0.965. The van der Waals surface area contributed by atoms with Gasteiger partial charge >= 0.3 is 0 Å². The topological polar surface area (TPSA) is 58.9 Å². The van der Waals surface area contributed by atoms with Gasteiger partial charge in [0.05, 0.1) is 5.69 Å². The van der Waals surface area contributed by atoms with Crippen LogP contribution in [0.2, 0.25) is 0 Å². The van der Waals surface area contributed by atoms with Crippen LogP contribution in [0.5, 0.6) is 0 Å². The maximum atomic E-state index is 4.86. The second-order valence-corrected chi connectivity index (χ2v) is 8.74. The second-order valence-electron chi connectivity index (χ2n) is 7.78. The molecule has 0 unspecified atom stereocenters. The fraction of sp³-hybridized carbons (Fsp3) is 0.0800. The van der Waals surface area contributed by atoms with E-state index in [0.29, 0.717) is 0 Å². The van der Waals surface area contributed by atoms with E-state index in [1.54, 1.807) is 11.3 Å². The van der Waals surface area contributed by atoms with Crippen LogP contribution in [0.1, 0.15) is 11.1 Å². The van der Waals surface area contributed by atoms with Gasteiger partial charge in [0.15, 0.2) is 0 Å². The molecule has 0 amide bonds. The van der Waals surface area contributed by atoms with Crippen molar-refractivity contribution in [1.29, 1.82) is 0 Å². The van der Waals surface area contributed by atoms with E-state index >= 15 is 0 Å². The Morgan fingerprint density at radius 3 is 2.39 bits per heavy atom. The number of rotatable bonds is 3.